The fourth-order valence-electron chi connectivity index (χ4n) is 1.65. The number of hydrogen-bond donors (Lipinski definition) is 2. The van der Waals surface area contributed by atoms with Crippen LogP contribution in [0.3, 0.4) is 0 Å². The molecule has 0 amide bonds. The molecule has 92 valence electrons. The number of ether oxygens (including phenoxy) is 1. The van der Waals surface area contributed by atoms with Crippen LogP contribution < -0.4 is 11.3 Å². The van der Waals surface area contributed by atoms with Gasteiger partial charge in [0.15, 0.2) is 0 Å². The van der Waals surface area contributed by atoms with Gasteiger partial charge >= 0.3 is 0 Å². The molecular formula is C10H21N5O. The van der Waals surface area contributed by atoms with Crippen LogP contribution in [0.25, 0.3) is 0 Å². The topological polar surface area (TPSA) is 78.0 Å². The van der Waals surface area contributed by atoms with Crippen molar-refractivity contribution >= 4 is 0 Å². The Morgan fingerprint density at radius 1 is 1.62 bits per heavy atom. The van der Waals surface area contributed by atoms with E-state index in [1.54, 1.807) is 13.4 Å². The van der Waals surface area contributed by atoms with Crippen molar-refractivity contribution in [3.8, 4) is 0 Å². The third kappa shape index (κ3) is 3.88. The van der Waals surface area contributed by atoms with Gasteiger partial charge in [-0.05, 0) is 19.8 Å². The minimum Gasteiger partial charge on any atom is -0.385 e. The van der Waals surface area contributed by atoms with Gasteiger partial charge in [0.05, 0.1) is 0 Å². The molecule has 0 fully saturated rings. The van der Waals surface area contributed by atoms with Crippen LogP contribution in [0, 0.1) is 0 Å². The summed E-state index contributed by atoms with van der Waals surface area (Å²) in [6, 6.07) is 0.227. The van der Waals surface area contributed by atoms with Crippen LogP contribution in [-0.4, -0.2) is 34.5 Å². The third-order valence-electron chi connectivity index (χ3n) is 2.56. The first-order valence-electron chi connectivity index (χ1n) is 5.63. The van der Waals surface area contributed by atoms with E-state index in [1.807, 2.05) is 11.6 Å². The maximum absolute atomic E-state index is 5.51. The molecule has 0 saturated carbocycles. The fraction of sp³-hybridized carbons (Fsp3) is 0.800. The Morgan fingerprint density at radius 2 is 2.44 bits per heavy atom. The lowest BCUT2D eigenvalue weighted by molar-refractivity contribution is 0.188. The van der Waals surface area contributed by atoms with Crippen molar-refractivity contribution in [2.24, 2.45) is 5.84 Å². The average Bonchev–Trinajstić information content (AvgIpc) is 2.75. The Morgan fingerprint density at radius 3 is 3.06 bits per heavy atom. The summed E-state index contributed by atoms with van der Waals surface area (Å²) in [6.45, 7) is 3.65. The number of methoxy groups -OCH3 is 1. The van der Waals surface area contributed by atoms with E-state index in [9.17, 15) is 0 Å². The SMILES string of the molecule is CCn1ncnc1CC(CCCOC)NN. The van der Waals surface area contributed by atoms with E-state index in [-0.39, 0.29) is 6.04 Å². The number of hydrazine groups is 1. The quantitative estimate of drug-likeness (QED) is 0.374. The Labute approximate surface area is 96.2 Å². The number of nitrogens with zero attached hydrogens (tertiary/aromatic N) is 3. The molecule has 16 heavy (non-hydrogen) atoms. The maximum atomic E-state index is 5.51. The molecular weight excluding hydrogens is 206 g/mol. The van der Waals surface area contributed by atoms with E-state index >= 15 is 0 Å². The summed E-state index contributed by atoms with van der Waals surface area (Å²) in [6.07, 6.45) is 4.35. The third-order valence-corrected chi connectivity index (χ3v) is 2.56. The molecule has 0 bridgehead atoms. The molecule has 1 aromatic rings. The minimum absolute atomic E-state index is 0.227. The van der Waals surface area contributed by atoms with Crippen molar-refractivity contribution in [2.75, 3.05) is 13.7 Å². The van der Waals surface area contributed by atoms with Gasteiger partial charge in [0, 0.05) is 32.7 Å². The average molecular weight is 227 g/mol. The predicted octanol–water partition coefficient (Wildman–Crippen LogP) is 0.0990. The molecule has 6 nitrogen and oxygen atoms in total. The van der Waals surface area contributed by atoms with Crippen LogP contribution in [0.15, 0.2) is 6.33 Å². The second-order valence-corrected chi connectivity index (χ2v) is 3.69. The van der Waals surface area contributed by atoms with Crippen molar-refractivity contribution in [3.05, 3.63) is 12.2 Å². The highest BCUT2D eigenvalue weighted by Crippen LogP contribution is 2.04. The molecule has 0 aliphatic carbocycles. The Hall–Kier alpha value is -0.980. The zero-order valence-electron chi connectivity index (χ0n) is 10.0. The molecule has 0 spiro atoms. The normalized spacial score (nSPS) is 12.9. The fourth-order valence-corrected chi connectivity index (χ4v) is 1.65. The van der Waals surface area contributed by atoms with E-state index in [0.717, 1.165) is 38.2 Å². The first-order chi connectivity index (χ1) is 7.81. The van der Waals surface area contributed by atoms with Gasteiger partial charge in [-0.15, -0.1) is 0 Å². The largest absolute Gasteiger partial charge is 0.385 e. The molecule has 1 aromatic heterocycles. The van der Waals surface area contributed by atoms with E-state index in [4.69, 9.17) is 10.6 Å². The van der Waals surface area contributed by atoms with Crippen LogP contribution >= 0.6 is 0 Å². The molecule has 0 aromatic carbocycles. The molecule has 6 heteroatoms. The standard InChI is InChI=1S/C10H21N5O/c1-3-15-10(12-8-13-15)7-9(14-11)5-4-6-16-2/h8-9,14H,3-7,11H2,1-2H3. The smallest absolute Gasteiger partial charge is 0.138 e. The molecule has 1 rings (SSSR count). The van der Waals surface area contributed by atoms with E-state index in [0.29, 0.717) is 0 Å². The Bertz CT molecular complexity index is 288. The first kappa shape index (κ1) is 13.1. The Balaban J connectivity index is 2.43. The number of nitrogens with two attached hydrogens (primary N) is 1. The number of hydrogen-bond acceptors (Lipinski definition) is 5. The van der Waals surface area contributed by atoms with Crippen molar-refractivity contribution in [2.45, 2.75) is 38.8 Å². The molecule has 0 saturated heterocycles. The summed E-state index contributed by atoms with van der Waals surface area (Å²) >= 11 is 0. The maximum Gasteiger partial charge on any atom is 0.138 e. The number of nitrogens with one attached hydrogen (secondary N) is 1. The number of rotatable bonds is 8. The van der Waals surface area contributed by atoms with E-state index in [2.05, 4.69) is 15.5 Å². The lowest BCUT2D eigenvalue weighted by Gasteiger charge is -2.15. The summed E-state index contributed by atoms with van der Waals surface area (Å²) in [7, 11) is 1.71. The molecule has 1 unspecified atom stereocenters. The van der Waals surface area contributed by atoms with Gasteiger partial charge in [0.1, 0.15) is 12.2 Å². The van der Waals surface area contributed by atoms with E-state index in [1.165, 1.54) is 0 Å². The second-order valence-electron chi connectivity index (χ2n) is 3.69. The highest BCUT2D eigenvalue weighted by molar-refractivity contribution is 4.89. The predicted molar refractivity (Wildman–Crippen MR) is 61.6 cm³/mol. The molecule has 0 radical (unpaired) electrons. The highest BCUT2D eigenvalue weighted by Gasteiger charge is 2.11. The summed E-state index contributed by atoms with van der Waals surface area (Å²) in [5, 5.41) is 4.13. The minimum atomic E-state index is 0.227. The van der Waals surface area contributed by atoms with Gasteiger partial charge in [0.25, 0.3) is 0 Å². The molecule has 0 aliphatic rings. The second kappa shape index (κ2) is 7.32. The van der Waals surface area contributed by atoms with Crippen molar-refractivity contribution in [3.63, 3.8) is 0 Å². The van der Waals surface area contributed by atoms with Crippen LogP contribution in [0.5, 0.6) is 0 Å². The van der Waals surface area contributed by atoms with E-state index < -0.39 is 0 Å². The summed E-state index contributed by atoms with van der Waals surface area (Å²) < 4.78 is 6.90. The molecule has 1 atom stereocenters. The van der Waals surface area contributed by atoms with Gasteiger partial charge in [-0.1, -0.05) is 0 Å². The first-order valence-corrected chi connectivity index (χ1v) is 5.63. The zero-order valence-corrected chi connectivity index (χ0v) is 10.0. The van der Waals surface area contributed by atoms with Crippen molar-refractivity contribution in [1.29, 1.82) is 0 Å². The summed E-state index contributed by atoms with van der Waals surface area (Å²) in [5.74, 6) is 6.49. The highest BCUT2D eigenvalue weighted by atomic mass is 16.5. The van der Waals surface area contributed by atoms with Gasteiger partial charge in [-0.2, -0.15) is 5.10 Å². The molecule has 1 heterocycles. The Kier molecular flexibility index (Phi) is 5.99. The van der Waals surface area contributed by atoms with Crippen molar-refractivity contribution in [1.82, 2.24) is 20.2 Å². The monoisotopic (exact) mass is 227 g/mol. The molecule has 0 aliphatic heterocycles. The molecule has 3 N–H and O–H groups in total. The van der Waals surface area contributed by atoms with Gasteiger partial charge in [-0.25, -0.2) is 4.98 Å². The summed E-state index contributed by atoms with van der Waals surface area (Å²) in [4.78, 5) is 4.23. The van der Waals surface area contributed by atoms with Crippen LogP contribution in [-0.2, 0) is 17.7 Å². The van der Waals surface area contributed by atoms with Gasteiger partial charge in [0.2, 0.25) is 0 Å². The van der Waals surface area contributed by atoms with Crippen LogP contribution in [0.2, 0.25) is 0 Å². The lowest BCUT2D eigenvalue weighted by atomic mass is 10.1. The number of aromatic nitrogens is 3. The van der Waals surface area contributed by atoms with Crippen molar-refractivity contribution < 1.29 is 4.74 Å². The zero-order chi connectivity index (χ0) is 11.8. The lowest BCUT2D eigenvalue weighted by Crippen LogP contribution is -2.37. The van der Waals surface area contributed by atoms with Gasteiger partial charge < -0.3 is 4.74 Å². The van der Waals surface area contributed by atoms with Gasteiger partial charge in [-0.3, -0.25) is 16.0 Å². The number of aryl methyl sites for hydroxylation is 1. The van der Waals surface area contributed by atoms with Crippen LogP contribution in [0.1, 0.15) is 25.6 Å². The summed E-state index contributed by atoms with van der Waals surface area (Å²) in [5.41, 5.74) is 2.81. The van der Waals surface area contributed by atoms with Crippen LogP contribution in [0.4, 0.5) is 0 Å².